The van der Waals surface area contributed by atoms with E-state index in [1.165, 1.54) is 0 Å². The van der Waals surface area contributed by atoms with Gasteiger partial charge in [0, 0.05) is 6.07 Å². The minimum absolute atomic E-state index is 0.369. The molecule has 0 aromatic heterocycles. The summed E-state index contributed by atoms with van der Waals surface area (Å²) in [6.45, 7) is -0.783. The number of nitro benzene ring substituents is 1. The number of halogens is 1. The highest BCUT2D eigenvalue weighted by molar-refractivity contribution is 5.42. The molecule has 0 aliphatic heterocycles. The monoisotopic (exact) mass is 231 g/mol. The van der Waals surface area contributed by atoms with E-state index >= 15 is 0 Å². The zero-order valence-corrected chi connectivity index (χ0v) is 8.08. The van der Waals surface area contributed by atoms with Gasteiger partial charge in [-0.05, 0) is 12.1 Å². The van der Waals surface area contributed by atoms with Crippen molar-refractivity contribution in [3.8, 4) is 0 Å². The smallest absolute Gasteiger partial charge is 0.275 e. The molecular weight excluding hydrogens is 221 g/mol. The van der Waals surface area contributed by atoms with E-state index in [0.717, 1.165) is 18.2 Å². The van der Waals surface area contributed by atoms with Crippen molar-refractivity contribution >= 4 is 5.69 Å². The Morgan fingerprint density at radius 3 is 2.56 bits per heavy atom. The number of aliphatic hydroxyl groups is 3. The first-order valence-corrected chi connectivity index (χ1v) is 4.38. The lowest BCUT2D eigenvalue weighted by Gasteiger charge is -2.15. The summed E-state index contributed by atoms with van der Waals surface area (Å²) in [5.74, 6) is -0.773. The Labute approximate surface area is 89.7 Å². The van der Waals surface area contributed by atoms with Crippen LogP contribution in [0.3, 0.4) is 0 Å². The van der Waals surface area contributed by atoms with Gasteiger partial charge in [0.1, 0.15) is 18.0 Å². The van der Waals surface area contributed by atoms with Crippen molar-refractivity contribution in [2.45, 2.75) is 12.2 Å². The standard InChI is InChI=1S/C9H10FNO5/c10-5-1-2-7(11(15)16)6(3-5)9(14)8(13)4-12/h1-3,8-9,12-14H,4H2. The van der Waals surface area contributed by atoms with E-state index in [4.69, 9.17) is 10.2 Å². The Bertz CT molecular complexity index is 397. The van der Waals surface area contributed by atoms with Crippen LogP contribution in [-0.2, 0) is 0 Å². The largest absolute Gasteiger partial charge is 0.394 e. The molecule has 88 valence electrons. The first-order valence-electron chi connectivity index (χ1n) is 4.38. The van der Waals surface area contributed by atoms with Gasteiger partial charge in [-0.3, -0.25) is 10.1 Å². The number of hydrogen-bond acceptors (Lipinski definition) is 5. The average Bonchev–Trinajstić information content (AvgIpc) is 2.26. The van der Waals surface area contributed by atoms with Gasteiger partial charge in [0.05, 0.1) is 17.1 Å². The number of nitro groups is 1. The van der Waals surface area contributed by atoms with E-state index in [-0.39, 0.29) is 5.56 Å². The molecular formula is C9H10FNO5. The topological polar surface area (TPSA) is 104 Å². The molecule has 0 fully saturated rings. The molecule has 2 unspecified atom stereocenters. The van der Waals surface area contributed by atoms with Gasteiger partial charge >= 0.3 is 0 Å². The molecule has 1 aromatic rings. The van der Waals surface area contributed by atoms with E-state index in [2.05, 4.69) is 0 Å². The van der Waals surface area contributed by atoms with Crippen LogP contribution in [0, 0.1) is 15.9 Å². The minimum atomic E-state index is -1.71. The lowest BCUT2D eigenvalue weighted by Crippen LogP contribution is -2.23. The van der Waals surface area contributed by atoms with Crippen molar-refractivity contribution in [1.29, 1.82) is 0 Å². The van der Waals surface area contributed by atoms with Crippen molar-refractivity contribution in [1.82, 2.24) is 0 Å². The van der Waals surface area contributed by atoms with E-state index in [9.17, 15) is 19.6 Å². The van der Waals surface area contributed by atoms with E-state index in [1.807, 2.05) is 0 Å². The van der Waals surface area contributed by atoms with Gasteiger partial charge in [0.25, 0.3) is 5.69 Å². The fourth-order valence-electron chi connectivity index (χ4n) is 1.24. The van der Waals surface area contributed by atoms with Crippen LogP contribution in [0.5, 0.6) is 0 Å². The maximum Gasteiger partial charge on any atom is 0.275 e. The second kappa shape index (κ2) is 4.97. The highest BCUT2D eigenvalue weighted by Gasteiger charge is 2.26. The zero-order valence-electron chi connectivity index (χ0n) is 8.08. The molecule has 0 aliphatic carbocycles. The summed E-state index contributed by atoms with van der Waals surface area (Å²) in [7, 11) is 0. The predicted octanol–water partition coefficient (Wildman–Crippen LogP) is 0.120. The summed E-state index contributed by atoms with van der Waals surface area (Å²) < 4.78 is 12.9. The Kier molecular flexibility index (Phi) is 3.88. The molecule has 1 rings (SSSR count). The summed E-state index contributed by atoms with van der Waals surface area (Å²) in [6, 6.07) is 2.51. The first-order chi connectivity index (χ1) is 7.47. The van der Waals surface area contributed by atoms with Crippen molar-refractivity contribution in [3.63, 3.8) is 0 Å². The fraction of sp³-hybridized carbons (Fsp3) is 0.333. The van der Waals surface area contributed by atoms with Crippen LogP contribution in [0.2, 0.25) is 0 Å². The maximum absolute atomic E-state index is 12.9. The molecule has 6 nitrogen and oxygen atoms in total. The highest BCUT2D eigenvalue weighted by atomic mass is 19.1. The summed E-state index contributed by atoms with van der Waals surface area (Å²) in [6.07, 6.45) is -3.30. The van der Waals surface area contributed by atoms with Crippen LogP contribution < -0.4 is 0 Å². The molecule has 16 heavy (non-hydrogen) atoms. The lowest BCUT2D eigenvalue weighted by molar-refractivity contribution is -0.386. The number of benzene rings is 1. The van der Waals surface area contributed by atoms with Gasteiger partial charge in [0.2, 0.25) is 0 Å². The van der Waals surface area contributed by atoms with Gasteiger partial charge < -0.3 is 15.3 Å². The Morgan fingerprint density at radius 1 is 1.44 bits per heavy atom. The molecule has 0 spiro atoms. The maximum atomic E-state index is 12.9. The molecule has 2 atom stereocenters. The second-order valence-corrected chi connectivity index (χ2v) is 3.16. The Morgan fingerprint density at radius 2 is 2.06 bits per heavy atom. The van der Waals surface area contributed by atoms with Crippen LogP contribution in [0.15, 0.2) is 18.2 Å². The van der Waals surface area contributed by atoms with Crippen molar-refractivity contribution in [2.24, 2.45) is 0 Å². The quantitative estimate of drug-likeness (QED) is 0.504. The van der Waals surface area contributed by atoms with E-state index < -0.39 is 35.2 Å². The van der Waals surface area contributed by atoms with Gasteiger partial charge in [-0.25, -0.2) is 4.39 Å². The molecule has 0 aliphatic rings. The molecule has 0 saturated carbocycles. The SMILES string of the molecule is O=[N+]([O-])c1ccc(F)cc1C(O)C(O)CO. The van der Waals surface area contributed by atoms with Gasteiger partial charge in [-0.1, -0.05) is 0 Å². The Hall–Kier alpha value is -1.57. The van der Waals surface area contributed by atoms with E-state index in [1.54, 1.807) is 0 Å². The molecule has 7 heteroatoms. The molecule has 3 N–H and O–H groups in total. The van der Waals surface area contributed by atoms with Crippen molar-refractivity contribution < 1.29 is 24.6 Å². The van der Waals surface area contributed by atoms with Gasteiger partial charge in [-0.2, -0.15) is 0 Å². The third-order valence-corrected chi connectivity index (χ3v) is 2.06. The Balaban J connectivity index is 3.19. The second-order valence-electron chi connectivity index (χ2n) is 3.16. The molecule has 0 radical (unpaired) electrons. The number of rotatable bonds is 4. The average molecular weight is 231 g/mol. The van der Waals surface area contributed by atoms with Crippen molar-refractivity contribution in [3.05, 3.63) is 39.7 Å². The number of nitrogens with zero attached hydrogens (tertiary/aromatic N) is 1. The normalized spacial score (nSPS) is 14.5. The van der Waals surface area contributed by atoms with Crippen LogP contribution in [-0.4, -0.2) is 33.0 Å². The first kappa shape index (κ1) is 12.5. The molecule has 0 heterocycles. The van der Waals surface area contributed by atoms with Crippen LogP contribution >= 0.6 is 0 Å². The molecule has 0 bridgehead atoms. The van der Waals surface area contributed by atoms with Crippen LogP contribution in [0.25, 0.3) is 0 Å². The number of hydrogen-bond donors (Lipinski definition) is 3. The summed E-state index contributed by atoms with van der Waals surface area (Å²) in [5, 5.41) is 37.8. The van der Waals surface area contributed by atoms with Crippen LogP contribution in [0.1, 0.15) is 11.7 Å². The van der Waals surface area contributed by atoms with E-state index in [0.29, 0.717) is 0 Å². The number of aliphatic hydroxyl groups excluding tert-OH is 3. The third kappa shape index (κ3) is 2.51. The van der Waals surface area contributed by atoms with Crippen LogP contribution in [0.4, 0.5) is 10.1 Å². The molecule has 0 saturated heterocycles. The summed E-state index contributed by atoms with van der Waals surface area (Å²) in [5.41, 5.74) is -0.882. The molecule has 1 aromatic carbocycles. The summed E-state index contributed by atoms with van der Waals surface area (Å²) in [4.78, 5) is 9.77. The fourth-order valence-corrected chi connectivity index (χ4v) is 1.24. The lowest BCUT2D eigenvalue weighted by atomic mass is 10.0. The van der Waals surface area contributed by atoms with Gasteiger partial charge in [0.15, 0.2) is 0 Å². The van der Waals surface area contributed by atoms with Gasteiger partial charge in [-0.15, -0.1) is 0 Å². The minimum Gasteiger partial charge on any atom is -0.394 e. The molecule has 0 amide bonds. The van der Waals surface area contributed by atoms with Crippen molar-refractivity contribution in [2.75, 3.05) is 6.61 Å². The highest BCUT2D eigenvalue weighted by Crippen LogP contribution is 2.27. The zero-order chi connectivity index (χ0) is 12.3. The summed E-state index contributed by atoms with van der Waals surface area (Å²) >= 11 is 0. The third-order valence-electron chi connectivity index (χ3n) is 2.06. The predicted molar refractivity (Wildman–Crippen MR) is 51.1 cm³/mol.